The lowest BCUT2D eigenvalue weighted by atomic mass is 10.1. The van der Waals surface area contributed by atoms with Crippen molar-refractivity contribution in [3.05, 3.63) is 24.2 Å². The summed E-state index contributed by atoms with van der Waals surface area (Å²) in [7, 11) is 0. The van der Waals surface area contributed by atoms with Crippen LogP contribution in [-0.2, 0) is 4.74 Å². The first kappa shape index (κ1) is 9.74. The van der Waals surface area contributed by atoms with E-state index < -0.39 is 0 Å². The van der Waals surface area contributed by atoms with E-state index in [1.54, 1.807) is 6.26 Å². The van der Waals surface area contributed by atoms with Gasteiger partial charge in [-0.25, -0.2) is 0 Å². The Hall–Kier alpha value is -0.800. The van der Waals surface area contributed by atoms with E-state index >= 15 is 0 Å². The molecule has 78 valence electrons. The van der Waals surface area contributed by atoms with Crippen LogP contribution < -0.4 is 5.32 Å². The first-order chi connectivity index (χ1) is 6.86. The molecule has 0 unspecified atom stereocenters. The summed E-state index contributed by atoms with van der Waals surface area (Å²) in [5.41, 5.74) is 0. The molecule has 1 aromatic heterocycles. The van der Waals surface area contributed by atoms with Crippen LogP contribution in [0, 0.1) is 0 Å². The topological polar surface area (TPSA) is 34.4 Å². The predicted octanol–water partition coefficient (Wildman–Crippen LogP) is 2.11. The fourth-order valence-electron chi connectivity index (χ4n) is 1.84. The van der Waals surface area contributed by atoms with Crippen LogP contribution in [0.2, 0.25) is 0 Å². The number of furan rings is 1. The molecule has 0 bridgehead atoms. The second kappa shape index (κ2) is 4.62. The lowest BCUT2D eigenvalue weighted by Crippen LogP contribution is -2.36. The van der Waals surface area contributed by atoms with Crippen LogP contribution in [0.1, 0.15) is 31.6 Å². The minimum absolute atomic E-state index is 0.299. The molecule has 1 aliphatic heterocycles. The van der Waals surface area contributed by atoms with Crippen molar-refractivity contribution in [3.63, 3.8) is 0 Å². The summed E-state index contributed by atoms with van der Waals surface area (Å²) in [5.74, 6) is 1.01. The SMILES string of the molecule is C[C@H](NC1CCOCC1)c1ccco1. The maximum Gasteiger partial charge on any atom is 0.120 e. The van der Waals surface area contributed by atoms with E-state index in [1.807, 2.05) is 12.1 Å². The van der Waals surface area contributed by atoms with E-state index in [1.165, 1.54) is 0 Å². The maximum atomic E-state index is 5.34. The van der Waals surface area contributed by atoms with Crippen LogP contribution in [0.15, 0.2) is 22.8 Å². The smallest absolute Gasteiger partial charge is 0.120 e. The zero-order valence-corrected chi connectivity index (χ0v) is 8.53. The fraction of sp³-hybridized carbons (Fsp3) is 0.636. The number of nitrogens with one attached hydrogen (secondary N) is 1. The van der Waals surface area contributed by atoms with E-state index in [-0.39, 0.29) is 0 Å². The van der Waals surface area contributed by atoms with Crippen LogP contribution in [0.25, 0.3) is 0 Å². The van der Waals surface area contributed by atoms with Crippen molar-refractivity contribution in [1.82, 2.24) is 5.32 Å². The summed E-state index contributed by atoms with van der Waals surface area (Å²) in [6.07, 6.45) is 3.92. The van der Waals surface area contributed by atoms with E-state index in [0.29, 0.717) is 12.1 Å². The second-order valence-corrected chi connectivity index (χ2v) is 3.79. The van der Waals surface area contributed by atoms with Crippen molar-refractivity contribution >= 4 is 0 Å². The Kier molecular flexibility index (Phi) is 3.22. The zero-order valence-electron chi connectivity index (χ0n) is 8.53. The minimum Gasteiger partial charge on any atom is -0.468 e. The lowest BCUT2D eigenvalue weighted by Gasteiger charge is -2.25. The fourth-order valence-corrected chi connectivity index (χ4v) is 1.84. The van der Waals surface area contributed by atoms with E-state index in [4.69, 9.17) is 9.15 Å². The Labute approximate surface area is 84.4 Å². The molecule has 1 atom stereocenters. The van der Waals surface area contributed by atoms with Gasteiger partial charge in [-0.2, -0.15) is 0 Å². The van der Waals surface area contributed by atoms with Gasteiger partial charge in [-0.15, -0.1) is 0 Å². The van der Waals surface area contributed by atoms with Crippen molar-refractivity contribution < 1.29 is 9.15 Å². The number of hydrogen-bond acceptors (Lipinski definition) is 3. The Morgan fingerprint density at radius 1 is 1.43 bits per heavy atom. The molecule has 2 heterocycles. The van der Waals surface area contributed by atoms with Gasteiger partial charge >= 0.3 is 0 Å². The lowest BCUT2D eigenvalue weighted by molar-refractivity contribution is 0.0746. The summed E-state index contributed by atoms with van der Waals surface area (Å²) in [6.45, 7) is 3.89. The van der Waals surface area contributed by atoms with Gasteiger partial charge < -0.3 is 14.5 Å². The molecule has 0 spiro atoms. The monoisotopic (exact) mass is 195 g/mol. The third-order valence-electron chi connectivity index (χ3n) is 2.68. The molecule has 2 rings (SSSR count). The first-order valence-corrected chi connectivity index (χ1v) is 5.23. The molecule has 1 saturated heterocycles. The van der Waals surface area contributed by atoms with Crippen LogP contribution in [0.5, 0.6) is 0 Å². The molecule has 14 heavy (non-hydrogen) atoms. The molecule has 3 nitrogen and oxygen atoms in total. The molecule has 3 heteroatoms. The van der Waals surface area contributed by atoms with Gasteiger partial charge in [0.1, 0.15) is 5.76 Å². The summed E-state index contributed by atoms with van der Waals surface area (Å²) in [4.78, 5) is 0. The summed E-state index contributed by atoms with van der Waals surface area (Å²) < 4.78 is 10.7. The molecule has 1 aromatic rings. The van der Waals surface area contributed by atoms with Crippen LogP contribution in [-0.4, -0.2) is 19.3 Å². The Morgan fingerprint density at radius 3 is 2.86 bits per heavy atom. The number of ether oxygens (including phenoxy) is 1. The van der Waals surface area contributed by atoms with Crippen molar-refractivity contribution in [2.75, 3.05) is 13.2 Å². The Balaban J connectivity index is 1.84. The molecule has 1 fully saturated rings. The quantitative estimate of drug-likeness (QED) is 0.802. The van der Waals surface area contributed by atoms with E-state index in [9.17, 15) is 0 Å². The number of rotatable bonds is 3. The molecular formula is C11H17NO2. The number of hydrogen-bond donors (Lipinski definition) is 1. The average Bonchev–Trinajstić information content (AvgIpc) is 2.72. The van der Waals surface area contributed by atoms with Gasteiger partial charge in [-0.05, 0) is 31.9 Å². The second-order valence-electron chi connectivity index (χ2n) is 3.79. The van der Waals surface area contributed by atoms with Gasteiger partial charge in [0.05, 0.1) is 12.3 Å². The Morgan fingerprint density at radius 2 is 2.21 bits per heavy atom. The summed E-state index contributed by atoms with van der Waals surface area (Å²) >= 11 is 0. The summed E-state index contributed by atoms with van der Waals surface area (Å²) in [5, 5.41) is 3.55. The van der Waals surface area contributed by atoms with Gasteiger partial charge in [0.25, 0.3) is 0 Å². The van der Waals surface area contributed by atoms with E-state index in [0.717, 1.165) is 31.8 Å². The highest BCUT2D eigenvalue weighted by Crippen LogP contribution is 2.16. The highest BCUT2D eigenvalue weighted by Gasteiger charge is 2.17. The molecule has 0 saturated carbocycles. The van der Waals surface area contributed by atoms with Gasteiger partial charge in [0, 0.05) is 19.3 Å². The molecule has 0 aliphatic carbocycles. The molecule has 0 amide bonds. The van der Waals surface area contributed by atoms with Gasteiger partial charge in [-0.1, -0.05) is 0 Å². The largest absolute Gasteiger partial charge is 0.468 e. The highest BCUT2D eigenvalue weighted by atomic mass is 16.5. The zero-order chi connectivity index (χ0) is 9.80. The Bertz CT molecular complexity index is 252. The molecular weight excluding hydrogens is 178 g/mol. The standard InChI is InChI=1S/C11H17NO2/c1-9(11-3-2-6-14-11)12-10-4-7-13-8-5-10/h2-3,6,9-10,12H,4-5,7-8H2,1H3/t9-/m0/s1. The predicted molar refractivity (Wildman–Crippen MR) is 54.1 cm³/mol. The third kappa shape index (κ3) is 2.36. The molecule has 0 radical (unpaired) electrons. The van der Waals surface area contributed by atoms with Crippen LogP contribution in [0.4, 0.5) is 0 Å². The average molecular weight is 195 g/mol. The molecule has 1 aliphatic rings. The van der Waals surface area contributed by atoms with Gasteiger partial charge in [0.15, 0.2) is 0 Å². The van der Waals surface area contributed by atoms with Crippen molar-refractivity contribution in [1.29, 1.82) is 0 Å². The van der Waals surface area contributed by atoms with E-state index in [2.05, 4.69) is 12.2 Å². The van der Waals surface area contributed by atoms with Gasteiger partial charge in [0.2, 0.25) is 0 Å². The van der Waals surface area contributed by atoms with Crippen LogP contribution in [0.3, 0.4) is 0 Å². The first-order valence-electron chi connectivity index (χ1n) is 5.23. The third-order valence-corrected chi connectivity index (χ3v) is 2.68. The maximum absolute atomic E-state index is 5.34. The highest BCUT2D eigenvalue weighted by molar-refractivity contribution is 5.03. The van der Waals surface area contributed by atoms with Crippen LogP contribution >= 0.6 is 0 Å². The molecule has 0 aromatic carbocycles. The normalized spacial score (nSPS) is 20.9. The minimum atomic E-state index is 0.299. The molecule has 1 N–H and O–H groups in total. The van der Waals surface area contributed by atoms with Crippen molar-refractivity contribution in [2.45, 2.75) is 31.8 Å². The van der Waals surface area contributed by atoms with Crippen molar-refractivity contribution in [3.8, 4) is 0 Å². The van der Waals surface area contributed by atoms with Crippen molar-refractivity contribution in [2.24, 2.45) is 0 Å². The summed E-state index contributed by atoms with van der Waals surface area (Å²) in [6, 6.07) is 4.81. The van der Waals surface area contributed by atoms with Gasteiger partial charge in [-0.3, -0.25) is 0 Å².